The zero-order chi connectivity index (χ0) is 12.8. The summed E-state index contributed by atoms with van der Waals surface area (Å²) in [5.74, 6) is 0.584. The van der Waals surface area contributed by atoms with Crippen LogP contribution in [0.1, 0.15) is 20.3 Å². The van der Waals surface area contributed by atoms with Gasteiger partial charge in [-0.1, -0.05) is 15.9 Å². The molecular formula is C12H17BrN2O2. The van der Waals surface area contributed by atoms with Crippen molar-refractivity contribution in [2.45, 2.75) is 26.3 Å². The molecule has 0 aliphatic rings. The number of nitrogens with one attached hydrogen (secondary N) is 1. The zero-order valence-electron chi connectivity index (χ0n) is 10.00. The molecule has 0 spiro atoms. The zero-order valence-corrected chi connectivity index (χ0v) is 11.6. The maximum atomic E-state index is 11.4. The van der Waals surface area contributed by atoms with E-state index in [1.807, 2.05) is 19.9 Å². The van der Waals surface area contributed by atoms with Crippen LogP contribution in [0.4, 0.5) is 5.69 Å². The Morgan fingerprint density at radius 2 is 2.24 bits per heavy atom. The Hall–Kier alpha value is -1.23. The smallest absolute Gasteiger partial charge is 0.223 e. The number of hydrogen-bond donors (Lipinski definition) is 2. The monoisotopic (exact) mass is 300 g/mol. The highest BCUT2D eigenvalue weighted by molar-refractivity contribution is 9.10. The summed E-state index contributed by atoms with van der Waals surface area (Å²) < 4.78 is 6.34. The Morgan fingerprint density at radius 3 is 2.82 bits per heavy atom. The molecule has 0 radical (unpaired) electrons. The van der Waals surface area contributed by atoms with Crippen LogP contribution in [0, 0.1) is 0 Å². The number of amides is 1. The number of benzene rings is 1. The first kappa shape index (κ1) is 13.8. The van der Waals surface area contributed by atoms with Gasteiger partial charge < -0.3 is 15.8 Å². The molecule has 3 N–H and O–H groups in total. The van der Waals surface area contributed by atoms with Crippen LogP contribution in [0.15, 0.2) is 22.7 Å². The number of carbonyl (C=O) groups excluding carboxylic acids is 1. The molecule has 1 aromatic rings. The van der Waals surface area contributed by atoms with E-state index in [2.05, 4.69) is 21.2 Å². The minimum absolute atomic E-state index is 0.0179. The Balaban J connectivity index is 2.38. The lowest BCUT2D eigenvalue weighted by atomic mass is 10.3. The predicted molar refractivity (Wildman–Crippen MR) is 71.9 cm³/mol. The molecule has 5 heteroatoms. The summed E-state index contributed by atoms with van der Waals surface area (Å²) in [6.45, 7) is 4.17. The first-order chi connectivity index (χ1) is 7.99. The quantitative estimate of drug-likeness (QED) is 0.820. The fraction of sp³-hybridized carbons (Fsp3) is 0.417. The molecule has 94 valence electrons. The van der Waals surface area contributed by atoms with Crippen molar-refractivity contribution >= 4 is 27.5 Å². The van der Waals surface area contributed by atoms with Crippen LogP contribution in [0.2, 0.25) is 0 Å². The lowest BCUT2D eigenvalue weighted by molar-refractivity contribution is -0.122. The van der Waals surface area contributed by atoms with Gasteiger partial charge in [-0.25, -0.2) is 0 Å². The van der Waals surface area contributed by atoms with E-state index in [0.717, 1.165) is 4.47 Å². The second kappa shape index (κ2) is 6.49. The molecule has 17 heavy (non-hydrogen) atoms. The topological polar surface area (TPSA) is 64.3 Å². The Labute approximate surface area is 110 Å². The highest BCUT2D eigenvalue weighted by Gasteiger charge is 2.05. The first-order valence-electron chi connectivity index (χ1n) is 5.46. The van der Waals surface area contributed by atoms with E-state index in [4.69, 9.17) is 10.5 Å². The van der Waals surface area contributed by atoms with Crippen LogP contribution in [-0.4, -0.2) is 18.6 Å². The van der Waals surface area contributed by atoms with E-state index in [1.165, 1.54) is 0 Å². The van der Waals surface area contributed by atoms with Crippen molar-refractivity contribution in [1.29, 1.82) is 0 Å². The summed E-state index contributed by atoms with van der Waals surface area (Å²) in [7, 11) is 0. The molecule has 0 fully saturated rings. The third-order valence-electron chi connectivity index (χ3n) is 2.01. The summed E-state index contributed by atoms with van der Waals surface area (Å²) in [6, 6.07) is 5.55. The minimum Gasteiger partial charge on any atom is -0.491 e. The maximum absolute atomic E-state index is 11.4. The summed E-state index contributed by atoms with van der Waals surface area (Å²) in [5.41, 5.74) is 6.32. The van der Waals surface area contributed by atoms with Gasteiger partial charge in [0.2, 0.25) is 5.91 Å². The van der Waals surface area contributed by atoms with Gasteiger partial charge in [0.1, 0.15) is 5.75 Å². The average Bonchev–Trinajstić information content (AvgIpc) is 2.20. The number of halogens is 1. The summed E-state index contributed by atoms with van der Waals surface area (Å²) in [6.07, 6.45) is 0.327. The van der Waals surface area contributed by atoms with Crippen molar-refractivity contribution in [2.75, 3.05) is 12.3 Å². The molecule has 1 rings (SSSR count). The van der Waals surface area contributed by atoms with E-state index in [-0.39, 0.29) is 11.9 Å². The number of anilines is 1. The summed E-state index contributed by atoms with van der Waals surface area (Å²) >= 11 is 3.32. The molecule has 0 atom stereocenters. The van der Waals surface area contributed by atoms with Gasteiger partial charge >= 0.3 is 0 Å². The average molecular weight is 301 g/mol. The van der Waals surface area contributed by atoms with Crippen LogP contribution >= 0.6 is 15.9 Å². The molecule has 4 nitrogen and oxygen atoms in total. The summed E-state index contributed by atoms with van der Waals surface area (Å²) in [4.78, 5) is 11.4. The van der Waals surface area contributed by atoms with Crippen LogP contribution in [0.25, 0.3) is 0 Å². The van der Waals surface area contributed by atoms with Gasteiger partial charge in [0.05, 0.1) is 18.7 Å². The molecule has 0 bridgehead atoms. The molecule has 0 saturated carbocycles. The van der Waals surface area contributed by atoms with Gasteiger partial charge in [-0.3, -0.25) is 4.79 Å². The van der Waals surface area contributed by atoms with E-state index in [9.17, 15) is 4.79 Å². The first-order valence-corrected chi connectivity index (χ1v) is 6.25. The van der Waals surface area contributed by atoms with Crippen molar-refractivity contribution in [3.63, 3.8) is 0 Å². The molecular weight excluding hydrogens is 284 g/mol. The highest BCUT2D eigenvalue weighted by Crippen LogP contribution is 2.25. The van der Waals surface area contributed by atoms with Crippen molar-refractivity contribution in [3.8, 4) is 5.75 Å². The van der Waals surface area contributed by atoms with E-state index in [1.54, 1.807) is 12.1 Å². The normalized spacial score (nSPS) is 10.4. The molecule has 0 heterocycles. The Bertz CT molecular complexity index is 394. The third kappa shape index (κ3) is 5.08. The number of hydrogen-bond acceptors (Lipinski definition) is 3. The lowest BCUT2D eigenvalue weighted by Crippen LogP contribution is -2.31. The molecule has 0 aliphatic heterocycles. The highest BCUT2D eigenvalue weighted by atomic mass is 79.9. The van der Waals surface area contributed by atoms with Crippen molar-refractivity contribution in [1.82, 2.24) is 5.32 Å². The molecule has 0 saturated heterocycles. The fourth-order valence-electron chi connectivity index (χ4n) is 1.30. The van der Waals surface area contributed by atoms with Gasteiger partial charge in [0.25, 0.3) is 0 Å². The van der Waals surface area contributed by atoms with Crippen molar-refractivity contribution in [3.05, 3.63) is 22.7 Å². The van der Waals surface area contributed by atoms with Gasteiger partial charge in [-0.2, -0.15) is 0 Å². The third-order valence-corrected chi connectivity index (χ3v) is 2.50. The largest absolute Gasteiger partial charge is 0.491 e. The second-order valence-electron chi connectivity index (χ2n) is 4.00. The Morgan fingerprint density at radius 1 is 1.53 bits per heavy atom. The number of rotatable bonds is 5. The molecule has 0 unspecified atom stereocenters. The van der Waals surface area contributed by atoms with Crippen LogP contribution in [0.3, 0.4) is 0 Å². The molecule has 1 amide bonds. The standard InChI is InChI=1S/C12H17BrN2O2/c1-8(2)15-12(16)5-6-17-11-4-3-9(13)7-10(11)14/h3-4,7-8H,5-6,14H2,1-2H3,(H,15,16). The molecule has 1 aromatic carbocycles. The second-order valence-corrected chi connectivity index (χ2v) is 4.92. The Kier molecular flexibility index (Phi) is 5.28. The van der Waals surface area contributed by atoms with Gasteiger partial charge in [0, 0.05) is 10.5 Å². The molecule has 0 aliphatic carbocycles. The van der Waals surface area contributed by atoms with E-state index in [0.29, 0.717) is 24.5 Å². The van der Waals surface area contributed by atoms with Crippen LogP contribution < -0.4 is 15.8 Å². The summed E-state index contributed by atoms with van der Waals surface area (Å²) in [5, 5.41) is 2.80. The number of carbonyl (C=O) groups is 1. The van der Waals surface area contributed by atoms with Crippen molar-refractivity contribution in [2.24, 2.45) is 0 Å². The SMILES string of the molecule is CC(C)NC(=O)CCOc1ccc(Br)cc1N. The number of ether oxygens (including phenoxy) is 1. The number of nitrogens with two attached hydrogens (primary N) is 1. The fourth-order valence-corrected chi connectivity index (χ4v) is 1.68. The predicted octanol–water partition coefficient (Wildman–Crippen LogP) is 2.32. The van der Waals surface area contributed by atoms with Crippen LogP contribution in [0.5, 0.6) is 5.75 Å². The van der Waals surface area contributed by atoms with Crippen LogP contribution in [-0.2, 0) is 4.79 Å². The van der Waals surface area contributed by atoms with Gasteiger partial charge in [-0.05, 0) is 32.0 Å². The van der Waals surface area contributed by atoms with E-state index >= 15 is 0 Å². The van der Waals surface area contributed by atoms with Gasteiger partial charge in [-0.15, -0.1) is 0 Å². The minimum atomic E-state index is -0.0179. The van der Waals surface area contributed by atoms with Crippen molar-refractivity contribution < 1.29 is 9.53 Å². The lowest BCUT2D eigenvalue weighted by Gasteiger charge is -2.10. The van der Waals surface area contributed by atoms with E-state index < -0.39 is 0 Å². The maximum Gasteiger partial charge on any atom is 0.223 e. The molecule has 0 aromatic heterocycles. The number of nitrogen functional groups attached to an aromatic ring is 1. The van der Waals surface area contributed by atoms with Gasteiger partial charge in [0.15, 0.2) is 0 Å².